The van der Waals surface area contributed by atoms with E-state index in [1.165, 1.54) is 0 Å². The molecule has 1 amide bonds. The lowest BCUT2D eigenvalue weighted by atomic mass is 9.94. The number of carbonyl (C=O) groups excluding carboxylic acids is 1. The van der Waals surface area contributed by atoms with Gasteiger partial charge < -0.3 is 19.9 Å². The largest absolute Gasteiger partial charge is 0.489 e. The molecule has 1 heterocycles. The predicted molar refractivity (Wildman–Crippen MR) is 112 cm³/mol. The highest BCUT2D eigenvalue weighted by atomic mass is 35.5. The number of ether oxygens (including phenoxy) is 1. The Hall–Kier alpha value is -1.30. The van der Waals surface area contributed by atoms with Crippen molar-refractivity contribution in [1.82, 2.24) is 15.1 Å². The lowest BCUT2D eigenvalue weighted by Crippen LogP contribution is -2.42. The number of nitrogens with one attached hydrogen (secondary N) is 1. The zero-order chi connectivity index (χ0) is 20.0. The number of likely N-dealkylation sites (tertiary alicyclic amines) is 1. The minimum Gasteiger partial charge on any atom is -0.489 e. The van der Waals surface area contributed by atoms with Gasteiger partial charge in [-0.05, 0) is 50.6 Å². The molecule has 1 saturated heterocycles. The fraction of sp³-hybridized carbons (Fsp3) is 0.667. The van der Waals surface area contributed by atoms with Crippen LogP contribution in [0.3, 0.4) is 0 Å². The molecule has 0 aromatic heterocycles. The summed E-state index contributed by atoms with van der Waals surface area (Å²) in [6, 6.07) is 5.28. The average Bonchev–Trinajstić information content (AvgIpc) is 2.56. The molecule has 27 heavy (non-hydrogen) atoms. The maximum absolute atomic E-state index is 12.2. The molecule has 1 aromatic carbocycles. The quantitative estimate of drug-likeness (QED) is 0.767. The Morgan fingerprint density at radius 2 is 1.96 bits per heavy atom. The molecule has 0 spiro atoms. The van der Waals surface area contributed by atoms with Crippen LogP contribution in [0.15, 0.2) is 18.2 Å². The van der Waals surface area contributed by atoms with Crippen LogP contribution in [0, 0.1) is 5.41 Å². The third kappa shape index (κ3) is 7.68. The molecule has 5 nitrogen and oxygen atoms in total. The molecule has 0 atom stereocenters. The van der Waals surface area contributed by atoms with Crippen LogP contribution in [0.1, 0.15) is 44.0 Å². The Bertz CT molecular complexity index is 620. The summed E-state index contributed by atoms with van der Waals surface area (Å²) in [5.41, 5.74) is 0.881. The highest BCUT2D eigenvalue weighted by Crippen LogP contribution is 2.29. The molecule has 2 rings (SSSR count). The van der Waals surface area contributed by atoms with E-state index in [1.54, 1.807) is 12.1 Å². The number of nitrogens with zero attached hydrogens (tertiary/aromatic N) is 2. The summed E-state index contributed by atoms with van der Waals surface area (Å²) in [4.78, 5) is 16.7. The van der Waals surface area contributed by atoms with Crippen molar-refractivity contribution in [1.29, 1.82) is 0 Å². The fourth-order valence-electron chi connectivity index (χ4n) is 3.27. The molecular weight excluding hydrogens is 362 g/mol. The van der Waals surface area contributed by atoms with E-state index >= 15 is 0 Å². The van der Waals surface area contributed by atoms with Gasteiger partial charge in [0.1, 0.15) is 11.9 Å². The Morgan fingerprint density at radius 3 is 2.52 bits per heavy atom. The molecule has 1 N–H and O–H groups in total. The van der Waals surface area contributed by atoms with Crippen LogP contribution < -0.4 is 10.1 Å². The first kappa shape index (κ1) is 22.0. The highest BCUT2D eigenvalue weighted by Gasteiger charge is 2.24. The first-order chi connectivity index (χ1) is 12.6. The molecular formula is C21H34ClN3O2. The lowest BCUT2D eigenvalue weighted by Gasteiger charge is -2.36. The number of carbonyl (C=O) groups is 1. The van der Waals surface area contributed by atoms with E-state index < -0.39 is 0 Å². The number of benzene rings is 1. The molecule has 152 valence electrons. The smallest absolute Gasteiger partial charge is 0.251 e. The number of piperidine rings is 1. The molecule has 0 radical (unpaired) electrons. The van der Waals surface area contributed by atoms with Gasteiger partial charge in [-0.25, -0.2) is 0 Å². The van der Waals surface area contributed by atoms with Crippen molar-refractivity contribution in [3.05, 3.63) is 28.8 Å². The van der Waals surface area contributed by atoms with E-state index in [1.807, 2.05) is 25.1 Å². The van der Waals surface area contributed by atoms with Gasteiger partial charge in [0.05, 0.1) is 5.02 Å². The van der Waals surface area contributed by atoms with Gasteiger partial charge in [-0.15, -0.1) is 0 Å². The van der Waals surface area contributed by atoms with Crippen LogP contribution >= 0.6 is 11.6 Å². The molecule has 1 fully saturated rings. The molecule has 0 bridgehead atoms. The third-order valence-electron chi connectivity index (χ3n) is 4.56. The van der Waals surface area contributed by atoms with Crippen molar-refractivity contribution >= 4 is 17.5 Å². The van der Waals surface area contributed by atoms with E-state index in [9.17, 15) is 4.79 Å². The normalized spacial score (nSPS) is 16.6. The first-order valence-electron chi connectivity index (χ1n) is 9.75. The summed E-state index contributed by atoms with van der Waals surface area (Å²) in [5, 5.41) is 3.39. The average molecular weight is 396 g/mol. The summed E-state index contributed by atoms with van der Waals surface area (Å²) < 4.78 is 6.11. The maximum atomic E-state index is 12.2. The van der Waals surface area contributed by atoms with Crippen molar-refractivity contribution < 1.29 is 9.53 Å². The Balaban J connectivity index is 1.85. The van der Waals surface area contributed by atoms with Crippen molar-refractivity contribution in [3.8, 4) is 5.75 Å². The number of likely N-dealkylation sites (N-methyl/N-ethyl adjacent to an activating group) is 1. The summed E-state index contributed by atoms with van der Waals surface area (Å²) >= 11 is 6.37. The van der Waals surface area contributed by atoms with Crippen molar-refractivity contribution in [2.45, 2.75) is 39.7 Å². The number of hydrogen-bond acceptors (Lipinski definition) is 4. The summed E-state index contributed by atoms with van der Waals surface area (Å²) in [5.74, 6) is 0.552. The minimum absolute atomic E-state index is 0.110. The predicted octanol–water partition coefficient (Wildman–Crippen LogP) is 3.52. The number of halogens is 1. The lowest BCUT2D eigenvalue weighted by molar-refractivity contribution is 0.0811. The van der Waals surface area contributed by atoms with Crippen LogP contribution in [-0.2, 0) is 0 Å². The van der Waals surface area contributed by atoms with Crippen molar-refractivity contribution in [3.63, 3.8) is 0 Å². The molecule has 0 saturated carbocycles. The van der Waals surface area contributed by atoms with E-state index in [-0.39, 0.29) is 12.0 Å². The summed E-state index contributed by atoms with van der Waals surface area (Å²) in [7, 11) is 3.95. The molecule has 1 aromatic rings. The van der Waals surface area contributed by atoms with Crippen LogP contribution in [0.4, 0.5) is 0 Å². The summed E-state index contributed by atoms with van der Waals surface area (Å²) in [6.45, 7) is 11.4. The van der Waals surface area contributed by atoms with Crippen LogP contribution in [0.2, 0.25) is 5.02 Å². The third-order valence-corrected chi connectivity index (χ3v) is 4.86. The molecule has 0 unspecified atom stereocenters. The van der Waals surface area contributed by atoms with Gasteiger partial charge in [-0.3, -0.25) is 4.79 Å². The minimum atomic E-state index is -0.110. The number of amides is 1. The highest BCUT2D eigenvalue weighted by molar-refractivity contribution is 6.32. The Morgan fingerprint density at radius 1 is 1.30 bits per heavy atom. The fourth-order valence-corrected chi connectivity index (χ4v) is 3.49. The van der Waals surface area contributed by atoms with Crippen molar-refractivity contribution in [2.24, 2.45) is 5.41 Å². The van der Waals surface area contributed by atoms with Gasteiger partial charge in [-0.1, -0.05) is 32.4 Å². The van der Waals surface area contributed by atoms with Crippen molar-refractivity contribution in [2.75, 3.05) is 46.8 Å². The van der Waals surface area contributed by atoms with Crippen LogP contribution in [0.5, 0.6) is 5.75 Å². The zero-order valence-electron chi connectivity index (χ0n) is 17.3. The molecule has 6 heteroatoms. The second-order valence-electron chi connectivity index (χ2n) is 8.86. The second-order valence-corrected chi connectivity index (χ2v) is 9.27. The van der Waals surface area contributed by atoms with Gasteiger partial charge >= 0.3 is 0 Å². The molecule has 0 aliphatic carbocycles. The topological polar surface area (TPSA) is 44.8 Å². The summed E-state index contributed by atoms with van der Waals surface area (Å²) in [6.07, 6.45) is 2.18. The van der Waals surface area contributed by atoms with E-state index in [0.29, 0.717) is 28.3 Å². The van der Waals surface area contributed by atoms with Gasteiger partial charge in [0.25, 0.3) is 5.91 Å². The second kappa shape index (κ2) is 9.76. The number of rotatable bonds is 7. The molecule has 1 aliphatic heterocycles. The van der Waals surface area contributed by atoms with E-state index in [4.69, 9.17) is 16.3 Å². The first-order valence-corrected chi connectivity index (χ1v) is 10.1. The number of hydrogen-bond donors (Lipinski definition) is 1. The maximum Gasteiger partial charge on any atom is 0.251 e. The monoisotopic (exact) mass is 395 g/mol. The van der Waals surface area contributed by atoms with Crippen LogP contribution in [-0.4, -0.2) is 68.6 Å². The van der Waals surface area contributed by atoms with Gasteiger partial charge in [0, 0.05) is 38.3 Å². The van der Waals surface area contributed by atoms with Gasteiger partial charge in [0.2, 0.25) is 0 Å². The van der Waals surface area contributed by atoms with E-state index in [2.05, 4.69) is 31.0 Å². The van der Waals surface area contributed by atoms with Gasteiger partial charge in [0.15, 0.2) is 0 Å². The molecule has 1 aliphatic rings. The Labute approximate surface area is 169 Å². The van der Waals surface area contributed by atoms with Crippen LogP contribution in [0.25, 0.3) is 0 Å². The Kier molecular flexibility index (Phi) is 7.95. The van der Waals surface area contributed by atoms with E-state index in [0.717, 1.165) is 39.0 Å². The standard InChI is InChI=1S/C21H34ClN3O2/c1-21(2,3)15-25-11-8-17(9-12-25)27-19-7-6-16(14-18(19)22)20(26)23-10-13-24(4)5/h6-7,14,17H,8-13,15H2,1-5H3,(H,23,26). The SMILES string of the molecule is CN(C)CCNC(=O)c1ccc(OC2CCN(CC(C)(C)C)CC2)c(Cl)c1. The van der Waals surface area contributed by atoms with Gasteiger partial charge in [-0.2, -0.15) is 0 Å². The zero-order valence-corrected chi connectivity index (χ0v) is 18.1.